The first-order valence-corrected chi connectivity index (χ1v) is 9.36. The molecule has 0 atom stereocenters. The summed E-state index contributed by atoms with van der Waals surface area (Å²) >= 11 is 12.0. The fraction of sp³-hybridized carbons (Fsp3) is 0.0952. The Morgan fingerprint density at radius 3 is 2.29 bits per heavy atom. The van der Waals surface area contributed by atoms with Gasteiger partial charge in [0.25, 0.3) is 5.56 Å². The molecule has 0 amide bonds. The predicted molar refractivity (Wildman–Crippen MR) is 111 cm³/mol. The van der Waals surface area contributed by atoms with Crippen LogP contribution in [0.25, 0.3) is 11.0 Å². The number of fused-ring (bicyclic) bond motifs is 1. The largest absolute Gasteiger partial charge is 0.332 e. The fourth-order valence-corrected chi connectivity index (χ4v) is 3.46. The topological polar surface area (TPSA) is 56.9 Å². The molecule has 2 aromatic carbocycles. The molecule has 0 aliphatic heterocycles. The number of halogens is 2. The van der Waals surface area contributed by atoms with Crippen LogP contribution in [-0.4, -0.2) is 14.1 Å². The highest BCUT2D eigenvalue weighted by molar-refractivity contribution is 6.30. The van der Waals surface area contributed by atoms with Gasteiger partial charge in [-0.2, -0.15) is 0 Å². The summed E-state index contributed by atoms with van der Waals surface area (Å²) < 4.78 is 2.74. The molecular weight excluding hydrogens is 397 g/mol. The second-order valence-electron chi connectivity index (χ2n) is 6.39. The van der Waals surface area contributed by atoms with Crippen LogP contribution in [0.5, 0.6) is 0 Å². The van der Waals surface area contributed by atoms with Gasteiger partial charge in [-0.3, -0.25) is 13.9 Å². The number of hydrogen-bond donors (Lipinski definition) is 0. The summed E-state index contributed by atoms with van der Waals surface area (Å²) in [6.07, 6.45) is 1.55. The van der Waals surface area contributed by atoms with E-state index in [1.165, 1.54) is 4.57 Å². The molecule has 4 rings (SSSR count). The molecule has 2 aromatic heterocycles. The lowest BCUT2D eigenvalue weighted by molar-refractivity contribution is 0.633. The van der Waals surface area contributed by atoms with Crippen molar-refractivity contribution in [3.05, 3.63) is 109 Å². The van der Waals surface area contributed by atoms with Crippen molar-refractivity contribution in [3.63, 3.8) is 0 Å². The molecule has 5 nitrogen and oxygen atoms in total. The standard InChI is InChI=1S/C21H15Cl2N3O2/c22-16-8-6-14(7-9-16)12-26-20(27)19-18(5-2-10-24-19)25(21(26)28)13-15-3-1-4-17(23)11-15/h1-11H,12-13H2. The molecule has 0 aliphatic rings. The average Bonchev–Trinajstić information content (AvgIpc) is 2.70. The Kier molecular flexibility index (Phi) is 5.03. The predicted octanol–water partition coefficient (Wildman–Crippen LogP) is 3.96. The van der Waals surface area contributed by atoms with Crippen molar-refractivity contribution in [2.45, 2.75) is 13.1 Å². The summed E-state index contributed by atoms with van der Waals surface area (Å²) in [5.41, 5.74) is 1.57. The number of rotatable bonds is 4. The molecule has 2 heterocycles. The smallest absolute Gasteiger partial charge is 0.287 e. The van der Waals surface area contributed by atoms with E-state index in [4.69, 9.17) is 23.2 Å². The van der Waals surface area contributed by atoms with E-state index in [0.717, 1.165) is 11.1 Å². The molecule has 28 heavy (non-hydrogen) atoms. The Morgan fingerprint density at radius 1 is 0.786 bits per heavy atom. The van der Waals surface area contributed by atoms with Crippen LogP contribution in [0.3, 0.4) is 0 Å². The molecule has 0 saturated carbocycles. The number of nitrogens with zero attached hydrogens (tertiary/aromatic N) is 3. The van der Waals surface area contributed by atoms with Crippen LogP contribution in [-0.2, 0) is 13.1 Å². The minimum Gasteiger partial charge on any atom is -0.287 e. The number of benzene rings is 2. The highest BCUT2D eigenvalue weighted by Gasteiger charge is 2.14. The molecule has 0 aliphatic carbocycles. The van der Waals surface area contributed by atoms with E-state index in [1.54, 1.807) is 59.3 Å². The molecule has 0 N–H and O–H groups in total. The molecule has 0 spiro atoms. The average molecular weight is 412 g/mol. The molecule has 140 valence electrons. The lowest BCUT2D eigenvalue weighted by atomic mass is 10.2. The highest BCUT2D eigenvalue weighted by Crippen LogP contribution is 2.14. The van der Waals surface area contributed by atoms with E-state index in [9.17, 15) is 9.59 Å². The zero-order chi connectivity index (χ0) is 19.7. The van der Waals surface area contributed by atoms with Crippen LogP contribution in [0.2, 0.25) is 10.0 Å². The van der Waals surface area contributed by atoms with Crippen LogP contribution >= 0.6 is 23.2 Å². The minimum atomic E-state index is -0.419. The monoisotopic (exact) mass is 411 g/mol. The van der Waals surface area contributed by atoms with E-state index >= 15 is 0 Å². The first-order chi connectivity index (χ1) is 13.5. The van der Waals surface area contributed by atoms with E-state index in [2.05, 4.69) is 4.98 Å². The zero-order valence-electron chi connectivity index (χ0n) is 14.7. The second-order valence-corrected chi connectivity index (χ2v) is 7.26. The number of pyridine rings is 1. The summed E-state index contributed by atoms with van der Waals surface area (Å²) in [6, 6.07) is 17.7. The Labute approximate surface area is 170 Å². The van der Waals surface area contributed by atoms with Gasteiger partial charge >= 0.3 is 5.69 Å². The number of aromatic nitrogens is 3. The Hall–Kier alpha value is -2.89. The third kappa shape index (κ3) is 3.59. The van der Waals surface area contributed by atoms with Crippen molar-refractivity contribution in [3.8, 4) is 0 Å². The van der Waals surface area contributed by atoms with Gasteiger partial charge < -0.3 is 0 Å². The third-order valence-electron chi connectivity index (χ3n) is 4.47. The fourth-order valence-electron chi connectivity index (χ4n) is 3.13. The van der Waals surface area contributed by atoms with Gasteiger partial charge in [0.2, 0.25) is 0 Å². The molecule has 0 fully saturated rings. The van der Waals surface area contributed by atoms with Gasteiger partial charge in [-0.05, 0) is 47.5 Å². The van der Waals surface area contributed by atoms with Gasteiger partial charge in [0.15, 0.2) is 5.52 Å². The zero-order valence-corrected chi connectivity index (χ0v) is 16.2. The first kappa shape index (κ1) is 18.5. The van der Waals surface area contributed by atoms with E-state index in [1.807, 2.05) is 12.1 Å². The first-order valence-electron chi connectivity index (χ1n) is 8.60. The third-order valence-corrected chi connectivity index (χ3v) is 4.96. The lowest BCUT2D eigenvalue weighted by Gasteiger charge is -2.14. The van der Waals surface area contributed by atoms with E-state index < -0.39 is 11.2 Å². The van der Waals surface area contributed by atoms with Crippen LogP contribution in [0, 0.1) is 0 Å². The molecule has 7 heteroatoms. The maximum atomic E-state index is 13.2. The summed E-state index contributed by atoms with van der Waals surface area (Å²) in [7, 11) is 0. The highest BCUT2D eigenvalue weighted by atomic mass is 35.5. The van der Waals surface area contributed by atoms with Crippen molar-refractivity contribution in [2.75, 3.05) is 0 Å². The Bertz CT molecular complexity index is 1280. The summed E-state index contributed by atoms with van der Waals surface area (Å²) in [4.78, 5) is 30.3. The maximum Gasteiger partial charge on any atom is 0.332 e. The van der Waals surface area contributed by atoms with Gasteiger partial charge in [-0.15, -0.1) is 0 Å². The number of hydrogen-bond acceptors (Lipinski definition) is 3. The van der Waals surface area contributed by atoms with Crippen molar-refractivity contribution in [2.24, 2.45) is 0 Å². The normalized spacial score (nSPS) is 11.1. The molecule has 0 radical (unpaired) electrons. The van der Waals surface area contributed by atoms with Crippen molar-refractivity contribution in [1.82, 2.24) is 14.1 Å². The molecule has 4 aromatic rings. The van der Waals surface area contributed by atoms with Crippen molar-refractivity contribution in [1.29, 1.82) is 0 Å². The second kappa shape index (κ2) is 7.62. The van der Waals surface area contributed by atoms with E-state index in [0.29, 0.717) is 15.6 Å². The maximum absolute atomic E-state index is 13.2. The van der Waals surface area contributed by atoms with Crippen LogP contribution < -0.4 is 11.2 Å². The van der Waals surface area contributed by atoms with Crippen molar-refractivity contribution < 1.29 is 0 Å². The van der Waals surface area contributed by atoms with Gasteiger partial charge in [0, 0.05) is 16.2 Å². The van der Waals surface area contributed by atoms with Gasteiger partial charge in [-0.1, -0.05) is 47.5 Å². The molecule has 0 unspecified atom stereocenters. The van der Waals surface area contributed by atoms with Gasteiger partial charge in [0.05, 0.1) is 18.6 Å². The summed E-state index contributed by atoms with van der Waals surface area (Å²) in [6.45, 7) is 0.416. The van der Waals surface area contributed by atoms with Crippen LogP contribution in [0.4, 0.5) is 0 Å². The van der Waals surface area contributed by atoms with Crippen LogP contribution in [0.15, 0.2) is 76.4 Å². The lowest BCUT2D eigenvalue weighted by Crippen LogP contribution is -2.40. The van der Waals surface area contributed by atoms with Gasteiger partial charge in [-0.25, -0.2) is 9.78 Å². The van der Waals surface area contributed by atoms with Gasteiger partial charge in [0.1, 0.15) is 0 Å². The SMILES string of the molecule is O=c1c2ncccc2n(Cc2cccc(Cl)c2)c(=O)n1Cc1ccc(Cl)cc1. The van der Waals surface area contributed by atoms with E-state index in [-0.39, 0.29) is 18.6 Å². The molecule has 0 bridgehead atoms. The van der Waals surface area contributed by atoms with Crippen molar-refractivity contribution >= 4 is 34.2 Å². The molecular formula is C21H15Cl2N3O2. The summed E-state index contributed by atoms with van der Waals surface area (Å²) in [5.74, 6) is 0. The Balaban J connectivity index is 1.89. The Morgan fingerprint density at radius 2 is 1.54 bits per heavy atom. The minimum absolute atomic E-state index is 0.136. The molecule has 0 saturated heterocycles. The quantitative estimate of drug-likeness (QED) is 0.510. The summed E-state index contributed by atoms with van der Waals surface area (Å²) in [5, 5.41) is 1.18. The van der Waals surface area contributed by atoms with Crippen LogP contribution in [0.1, 0.15) is 11.1 Å².